The minimum atomic E-state index is -2.65. The van der Waals surface area contributed by atoms with Crippen molar-refractivity contribution in [3.05, 3.63) is 47.7 Å². The van der Waals surface area contributed by atoms with Crippen molar-refractivity contribution in [2.75, 3.05) is 0 Å². The van der Waals surface area contributed by atoms with E-state index in [2.05, 4.69) is 0 Å². The average Bonchev–Trinajstić information content (AvgIpc) is 2.96. The van der Waals surface area contributed by atoms with Crippen molar-refractivity contribution in [1.82, 2.24) is 4.90 Å². The monoisotopic (exact) mass is 401 g/mol. The Kier molecular flexibility index (Phi) is 5.00. The number of allylic oxidation sites excluding steroid dienone is 1. The molecule has 2 amide bonds. The molecule has 9 nitrogen and oxygen atoms in total. The lowest BCUT2D eigenvalue weighted by Gasteiger charge is -2.49. The molecule has 2 unspecified atom stereocenters. The van der Waals surface area contributed by atoms with Crippen LogP contribution in [0.4, 0.5) is 0 Å². The van der Waals surface area contributed by atoms with E-state index in [4.69, 9.17) is 4.74 Å². The largest absolute Gasteiger partial charge is 0.480 e. The molecule has 1 aromatic rings. The molecule has 0 saturated heterocycles. The van der Waals surface area contributed by atoms with Gasteiger partial charge in [-0.3, -0.25) is 24.1 Å². The molecule has 0 bridgehead atoms. The van der Waals surface area contributed by atoms with Gasteiger partial charge in [-0.2, -0.15) is 0 Å². The van der Waals surface area contributed by atoms with Crippen molar-refractivity contribution in [3.8, 4) is 0 Å². The molecule has 2 atom stereocenters. The van der Waals surface area contributed by atoms with Gasteiger partial charge in [-0.05, 0) is 31.9 Å². The van der Waals surface area contributed by atoms with E-state index >= 15 is 0 Å². The number of rotatable bonds is 5. The molecule has 2 N–H and O–H groups in total. The van der Waals surface area contributed by atoms with Crippen LogP contribution in [0.25, 0.3) is 0 Å². The number of imide groups is 1. The van der Waals surface area contributed by atoms with Crippen molar-refractivity contribution < 1.29 is 38.9 Å². The van der Waals surface area contributed by atoms with Crippen LogP contribution in [0.1, 0.15) is 53.3 Å². The Hall–Kier alpha value is -3.49. The van der Waals surface area contributed by atoms with E-state index in [1.165, 1.54) is 37.3 Å². The number of nitrogens with zero attached hydrogens (tertiary/aromatic N) is 1. The molecule has 1 heterocycles. The number of carboxylic acids is 2. The fourth-order valence-electron chi connectivity index (χ4n) is 4.29. The molecule has 3 rings (SSSR count). The van der Waals surface area contributed by atoms with Gasteiger partial charge >= 0.3 is 17.9 Å². The van der Waals surface area contributed by atoms with E-state index in [1.807, 2.05) is 0 Å². The highest BCUT2D eigenvalue weighted by atomic mass is 16.5. The van der Waals surface area contributed by atoms with Gasteiger partial charge in [0.1, 0.15) is 0 Å². The molecule has 0 spiro atoms. The van der Waals surface area contributed by atoms with Gasteiger partial charge in [0.2, 0.25) is 0 Å². The molecule has 0 aromatic heterocycles. The average molecular weight is 401 g/mol. The second-order valence-electron chi connectivity index (χ2n) is 6.95. The summed E-state index contributed by atoms with van der Waals surface area (Å²) in [6.45, 7) is 1.52. The summed E-state index contributed by atoms with van der Waals surface area (Å²) in [5.74, 6) is -6.72. The standard InChI is InChI=1S/C20H19NO8/c1-2-11-29-18(28)19(16(24)25)9-5-6-10-20(19,17(26)27)21-14(22)12-7-3-4-8-13(12)15(21)23/h2-4,7-8,11H,5-6,9-10H2,1H3,(H,24,25)(H,26,27). The Balaban J connectivity index is 2.28. The molecule has 9 heteroatoms. The highest BCUT2D eigenvalue weighted by Crippen LogP contribution is 2.51. The van der Waals surface area contributed by atoms with Crippen molar-refractivity contribution in [2.24, 2.45) is 5.41 Å². The summed E-state index contributed by atoms with van der Waals surface area (Å²) in [6, 6.07) is 5.72. The van der Waals surface area contributed by atoms with Gasteiger partial charge in [-0.1, -0.05) is 31.1 Å². The van der Waals surface area contributed by atoms with Crippen molar-refractivity contribution >= 4 is 29.7 Å². The number of benzene rings is 1. The predicted molar refractivity (Wildman–Crippen MR) is 96.8 cm³/mol. The predicted octanol–water partition coefficient (Wildman–Crippen LogP) is 1.83. The fraction of sp³-hybridized carbons (Fsp3) is 0.350. The third-order valence-corrected chi connectivity index (χ3v) is 5.60. The maximum atomic E-state index is 13.0. The fourth-order valence-corrected chi connectivity index (χ4v) is 4.29. The van der Waals surface area contributed by atoms with Crippen molar-refractivity contribution in [1.29, 1.82) is 0 Å². The Morgan fingerprint density at radius 1 is 1.00 bits per heavy atom. The number of fused-ring (bicyclic) bond motifs is 1. The number of hydrogen-bond donors (Lipinski definition) is 2. The number of esters is 1. The van der Waals surface area contributed by atoms with Gasteiger partial charge in [0.05, 0.1) is 17.4 Å². The van der Waals surface area contributed by atoms with Crippen LogP contribution in [0.15, 0.2) is 36.6 Å². The lowest BCUT2D eigenvalue weighted by atomic mass is 9.59. The Bertz CT molecular complexity index is 917. The van der Waals surface area contributed by atoms with Gasteiger partial charge in [-0.25, -0.2) is 4.79 Å². The minimum Gasteiger partial charge on any atom is -0.480 e. The number of carbonyl (C=O) groups excluding carboxylic acids is 3. The Morgan fingerprint density at radius 3 is 2.03 bits per heavy atom. The molecule has 1 aromatic carbocycles. The summed E-state index contributed by atoms with van der Waals surface area (Å²) in [4.78, 5) is 64.4. The molecule has 29 heavy (non-hydrogen) atoms. The van der Waals surface area contributed by atoms with Gasteiger partial charge < -0.3 is 14.9 Å². The van der Waals surface area contributed by atoms with E-state index in [9.17, 15) is 34.2 Å². The molecule has 2 aliphatic rings. The van der Waals surface area contributed by atoms with Crippen LogP contribution in [0, 0.1) is 5.41 Å². The molecule has 152 valence electrons. The van der Waals surface area contributed by atoms with Crippen LogP contribution in [-0.2, 0) is 19.1 Å². The number of aliphatic carboxylic acids is 2. The highest BCUT2D eigenvalue weighted by Gasteiger charge is 2.73. The third-order valence-electron chi connectivity index (χ3n) is 5.60. The zero-order chi connectivity index (χ0) is 21.4. The van der Waals surface area contributed by atoms with Crippen LogP contribution < -0.4 is 0 Å². The van der Waals surface area contributed by atoms with E-state index < -0.39 is 47.1 Å². The number of carbonyl (C=O) groups is 5. The van der Waals surface area contributed by atoms with E-state index in [1.54, 1.807) is 0 Å². The quantitative estimate of drug-likeness (QED) is 0.330. The maximum absolute atomic E-state index is 13.0. The van der Waals surface area contributed by atoms with Crippen LogP contribution in [0.2, 0.25) is 0 Å². The zero-order valence-electron chi connectivity index (χ0n) is 15.6. The minimum absolute atomic E-state index is 0.0372. The number of carboxylic acid groups (broad SMARTS) is 2. The number of ether oxygens (including phenoxy) is 1. The van der Waals surface area contributed by atoms with Crippen LogP contribution >= 0.6 is 0 Å². The Labute approximate surface area is 165 Å². The zero-order valence-corrected chi connectivity index (χ0v) is 15.6. The molecule has 1 aliphatic heterocycles. The summed E-state index contributed by atoms with van der Waals surface area (Å²) < 4.78 is 4.90. The summed E-state index contributed by atoms with van der Waals surface area (Å²) in [6.07, 6.45) is 1.93. The molecular formula is C20H19NO8. The summed E-state index contributed by atoms with van der Waals surface area (Å²) in [5.41, 5.74) is -5.35. The first-order chi connectivity index (χ1) is 13.8. The Morgan fingerprint density at radius 2 is 1.55 bits per heavy atom. The van der Waals surface area contributed by atoms with Crippen molar-refractivity contribution in [3.63, 3.8) is 0 Å². The highest BCUT2D eigenvalue weighted by molar-refractivity contribution is 6.24. The second kappa shape index (κ2) is 7.16. The van der Waals surface area contributed by atoms with E-state index in [0.29, 0.717) is 4.90 Å². The third kappa shape index (κ3) is 2.57. The summed E-state index contributed by atoms with van der Waals surface area (Å²) >= 11 is 0. The van der Waals surface area contributed by atoms with Crippen LogP contribution in [0.3, 0.4) is 0 Å². The van der Waals surface area contributed by atoms with Gasteiger partial charge in [0.15, 0.2) is 11.0 Å². The molecule has 1 saturated carbocycles. The lowest BCUT2D eigenvalue weighted by Crippen LogP contribution is -2.72. The number of hydrogen-bond acceptors (Lipinski definition) is 6. The normalized spacial score (nSPS) is 26.4. The smallest absolute Gasteiger partial charge is 0.331 e. The summed E-state index contributed by atoms with van der Waals surface area (Å²) in [7, 11) is 0. The first kappa shape index (κ1) is 20.2. The first-order valence-electron chi connectivity index (χ1n) is 9.02. The molecule has 1 fully saturated rings. The second-order valence-corrected chi connectivity index (χ2v) is 6.95. The molecule has 1 aliphatic carbocycles. The van der Waals surface area contributed by atoms with Gasteiger partial charge in [-0.15, -0.1) is 0 Å². The van der Waals surface area contributed by atoms with Gasteiger partial charge in [0, 0.05) is 0 Å². The summed E-state index contributed by atoms with van der Waals surface area (Å²) in [5, 5.41) is 20.2. The maximum Gasteiger partial charge on any atom is 0.331 e. The topological polar surface area (TPSA) is 138 Å². The SMILES string of the molecule is CC=COC(=O)C1(C(=O)O)CCCCC1(C(=O)O)N1C(=O)c2ccccc2C1=O. The molecular weight excluding hydrogens is 382 g/mol. The first-order valence-corrected chi connectivity index (χ1v) is 9.02. The lowest BCUT2D eigenvalue weighted by molar-refractivity contribution is -0.190. The van der Waals surface area contributed by atoms with Crippen molar-refractivity contribution in [2.45, 2.75) is 38.1 Å². The van der Waals surface area contributed by atoms with Gasteiger partial charge in [0.25, 0.3) is 11.8 Å². The van der Waals surface area contributed by atoms with E-state index in [-0.39, 0.29) is 30.4 Å². The van der Waals surface area contributed by atoms with Crippen LogP contribution in [0.5, 0.6) is 0 Å². The molecule has 0 radical (unpaired) electrons. The number of amides is 2. The van der Waals surface area contributed by atoms with Crippen LogP contribution in [-0.4, -0.2) is 50.4 Å². The van der Waals surface area contributed by atoms with E-state index in [0.717, 1.165) is 6.26 Å².